The number of fused-ring (bicyclic) bond motifs is 1. The van der Waals surface area contributed by atoms with Gasteiger partial charge >= 0.3 is 5.97 Å². The van der Waals surface area contributed by atoms with Gasteiger partial charge in [-0.05, 0) is 64.3 Å². The number of hydrogen-bond donors (Lipinski definition) is 1. The number of amides is 2. The van der Waals surface area contributed by atoms with Crippen molar-refractivity contribution in [2.75, 3.05) is 49.2 Å². The highest BCUT2D eigenvalue weighted by Gasteiger charge is 2.77. The van der Waals surface area contributed by atoms with E-state index < -0.39 is 33.3 Å². The molecule has 5 atom stereocenters. The van der Waals surface area contributed by atoms with Gasteiger partial charge in [-0.2, -0.15) is 0 Å². The van der Waals surface area contributed by atoms with Crippen molar-refractivity contribution in [3.8, 4) is 0 Å². The molecule has 0 aromatic heterocycles. The lowest BCUT2D eigenvalue weighted by atomic mass is 9.66. The molecular formula is C30H41N3O5S. The van der Waals surface area contributed by atoms with Crippen LogP contribution in [0.3, 0.4) is 0 Å². The molecule has 2 amide bonds. The van der Waals surface area contributed by atoms with Crippen LogP contribution in [-0.4, -0.2) is 82.7 Å². The summed E-state index contributed by atoms with van der Waals surface area (Å²) in [7, 11) is 0. The Hall–Kier alpha value is -2.78. The molecule has 3 saturated heterocycles. The highest BCUT2D eigenvalue weighted by Crippen LogP contribution is 2.71. The minimum Gasteiger partial charge on any atom is -0.465 e. The Morgan fingerprint density at radius 2 is 1.82 bits per heavy atom. The zero-order valence-electron chi connectivity index (χ0n) is 23.3. The van der Waals surface area contributed by atoms with Gasteiger partial charge in [-0.3, -0.25) is 14.4 Å². The van der Waals surface area contributed by atoms with Gasteiger partial charge in [0.2, 0.25) is 5.91 Å². The molecule has 1 N–H and O–H groups in total. The SMILES string of the molecule is C=CCCOC(=O)[C@H]1[C@H]2C(=O)N(CCO)C(C(=O)N(CC=C)c3ccc(N(CC)CC)cc3)C23CC[C@]1(C)S3. The molecule has 2 bridgehead atoms. The van der Waals surface area contributed by atoms with Crippen molar-refractivity contribution in [1.82, 2.24) is 4.90 Å². The molecule has 8 nitrogen and oxygen atoms in total. The van der Waals surface area contributed by atoms with Gasteiger partial charge in [0, 0.05) is 42.3 Å². The molecule has 2 unspecified atom stereocenters. The smallest absolute Gasteiger partial charge is 0.311 e. The fourth-order valence-corrected chi connectivity index (χ4v) is 9.11. The number of aliphatic hydroxyl groups is 1. The number of aliphatic hydroxyl groups excluding tert-OH is 1. The molecule has 1 spiro atoms. The maximum atomic E-state index is 14.5. The largest absolute Gasteiger partial charge is 0.465 e. The number of thioether (sulfide) groups is 1. The van der Waals surface area contributed by atoms with Crippen molar-refractivity contribution in [3.63, 3.8) is 0 Å². The zero-order chi connectivity index (χ0) is 28.4. The topological polar surface area (TPSA) is 90.4 Å². The fraction of sp³-hybridized carbons (Fsp3) is 0.567. The van der Waals surface area contributed by atoms with E-state index in [0.29, 0.717) is 19.3 Å². The molecule has 39 heavy (non-hydrogen) atoms. The van der Waals surface area contributed by atoms with Crippen LogP contribution < -0.4 is 9.80 Å². The number of nitrogens with zero attached hydrogens (tertiary/aromatic N) is 3. The van der Waals surface area contributed by atoms with Gasteiger partial charge in [0.25, 0.3) is 5.91 Å². The third-order valence-electron chi connectivity index (χ3n) is 8.54. The Labute approximate surface area is 236 Å². The van der Waals surface area contributed by atoms with Gasteiger partial charge in [-0.15, -0.1) is 24.9 Å². The second-order valence-electron chi connectivity index (χ2n) is 10.7. The Morgan fingerprint density at radius 1 is 1.15 bits per heavy atom. The molecule has 1 aromatic carbocycles. The highest BCUT2D eigenvalue weighted by molar-refractivity contribution is 8.02. The number of rotatable bonds is 13. The van der Waals surface area contributed by atoms with Crippen LogP contribution in [0.4, 0.5) is 11.4 Å². The van der Waals surface area contributed by atoms with Crippen molar-refractivity contribution in [1.29, 1.82) is 0 Å². The summed E-state index contributed by atoms with van der Waals surface area (Å²) >= 11 is 1.60. The van der Waals surface area contributed by atoms with E-state index in [2.05, 4.69) is 31.9 Å². The standard InChI is InChI=1S/C30H41N3O5S/c1-6-10-20-38-28(37)24-23-26(35)33(18-19-34)25(30(23)16-15-29(24,5)39-30)27(36)32(17-7-2)22-13-11-21(12-14-22)31(8-3)9-4/h6-7,11-14,23-25,34H,1-2,8-10,15-20H2,3-5H3/t23-,24+,25?,29-,30?/m0/s1. The van der Waals surface area contributed by atoms with Crippen LogP contribution in [0.2, 0.25) is 0 Å². The number of benzene rings is 1. The molecule has 3 heterocycles. The van der Waals surface area contributed by atoms with Gasteiger partial charge in [0.15, 0.2) is 0 Å². The second kappa shape index (κ2) is 11.8. The van der Waals surface area contributed by atoms with Crippen molar-refractivity contribution >= 4 is 40.9 Å². The average molecular weight is 556 g/mol. The number of carbonyl (C=O) groups is 3. The summed E-state index contributed by atoms with van der Waals surface area (Å²) in [6.07, 6.45) is 5.25. The summed E-state index contributed by atoms with van der Waals surface area (Å²) < 4.78 is 4.32. The first-order valence-electron chi connectivity index (χ1n) is 13.9. The number of β-amino-alcohol motifs (C(OH)–C–C–N with tert-alkyl or cyclic N) is 1. The first-order valence-corrected chi connectivity index (χ1v) is 14.7. The lowest BCUT2D eigenvalue weighted by Crippen LogP contribution is -2.55. The summed E-state index contributed by atoms with van der Waals surface area (Å²) in [6, 6.07) is 7.06. The van der Waals surface area contributed by atoms with Gasteiger partial charge in [0.1, 0.15) is 6.04 Å². The van der Waals surface area contributed by atoms with Crippen LogP contribution in [0.15, 0.2) is 49.6 Å². The fourth-order valence-electron chi connectivity index (χ4n) is 6.78. The third kappa shape index (κ3) is 4.88. The molecule has 0 radical (unpaired) electrons. The maximum Gasteiger partial charge on any atom is 0.311 e. The van der Waals surface area contributed by atoms with Crippen LogP contribution in [0.25, 0.3) is 0 Å². The minimum absolute atomic E-state index is 0.0336. The molecular weight excluding hydrogens is 514 g/mol. The monoisotopic (exact) mass is 555 g/mol. The average Bonchev–Trinajstić information content (AvgIpc) is 3.49. The van der Waals surface area contributed by atoms with E-state index in [9.17, 15) is 19.5 Å². The van der Waals surface area contributed by atoms with E-state index in [1.54, 1.807) is 28.8 Å². The van der Waals surface area contributed by atoms with Crippen molar-refractivity contribution in [2.24, 2.45) is 11.8 Å². The van der Waals surface area contributed by atoms with Crippen LogP contribution in [-0.2, 0) is 19.1 Å². The number of anilines is 2. The lowest BCUT2D eigenvalue weighted by molar-refractivity contribution is -0.155. The Morgan fingerprint density at radius 3 is 2.41 bits per heavy atom. The van der Waals surface area contributed by atoms with E-state index in [4.69, 9.17) is 4.74 Å². The quantitative estimate of drug-likeness (QED) is 0.226. The molecule has 212 valence electrons. The van der Waals surface area contributed by atoms with Gasteiger partial charge in [-0.25, -0.2) is 0 Å². The molecule has 3 aliphatic rings. The first-order chi connectivity index (χ1) is 18.7. The van der Waals surface area contributed by atoms with E-state index in [-0.39, 0.29) is 38.1 Å². The minimum atomic E-state index is -0.803. The summed E-state index contributed by atoms with van der Waals surface area (Å²) in [5.74, 6) is -2.17. The predicted octanol–water partition coefficient (Wildman–Crippen LogP) is 3.64. The van der Waals surface area contributed by atoms with Gasteiger partial charge in [-0.1, -0.05) is 12.2 Å². The van der Waals surface area contributed by atoms with Crippen LogP contribution in [0.5, 0.6) is 0 Å². The van der Waals surface area contributed by atoms with E-state index in [0.717, 1.165) is 24.5 Å². The molecule has 4 rings (SSSR count). The van der Waals surface area contributed by atoms with E-state index in [1.807, 2.05) is 31.2 Å². The molecule has 9 heteroatoms. The van der Waals surface area contributed by atoms with E-state index >= 15 is 0 Å². The molecule has 0 saturated carbocycles. The maximum absolute atomic E-state index is 14.5. The second-order valence-corrected chi connectivity index (χ2v) is 12.6. The summed E-state index contributed by atoms with van der Waals surface area (Å²) in [4.78, 5) is 47.2. The molecule has 3 aliphatic heterocycles. The number of ether oxygens (including phenoxy) is 1. The zero-order valence-corrected chi connectivity index (χ0v) is 24.1. The molecule has 0 aliphatic carbocycles. The van der Waals surface area contributed by atoms with Gasteiger partial charge in [0.05, 0.1) is 29.8 Å². The van der Waals surface area contributed by atoms with Crippen LogP contribution >= 0.6 is 11.8 Å². The van der Waals surface area contributed by atoms with Gasteiger partial charge < -0.3 is 24.5 Å². The summed E-state index contributed by atoms with van der Waals surface area (Å²) in [5, 5.41) is 9.88. The Bertz CT molecular complexity index is 1110. The number of esters is 1. The number of likely N-dealkylation sites (tertiary alicyclic amines) is 1. The predicted molar refractivity (Wildman–Crippen MR) is 156 cm³/mol. The number of hydrogen-bond acceptors (Lipinski definition) is 7. The summed E-state index contributed by atoms with van der Waals surface area (Å²) in [5.41, 5.74) is 1.79. The van der Waals surface area contributed by atoms with E-state index in [1.165, 1.54) is 4.90 Å². The highest BCUT2D eigenvalue weighted by atomic mass is 32.2. The van der Waals surface area contributed by atoms with Crippen molar-refractivity contribution in [2.45, 2.75) is 55.6 Å². The van der Waals surface area contributed by atoms with Crippen LogP contribution in [0.1, 0.15) is 40.0 Å². The van der Waals surface area contributed by atoms with Crippen LogP contribution in [0, 0.1) is 11.8 Å². The Kier molecular flexibility index (Phi) is 8.81. The lowest BCUT2D eigenvalue weighted by Gasteiger charge is -2.37. The Balaban J connectivity index is 1.71. The normalized spacial score (nSPS) is 28.8. The third-order valence-corrected chi connectivity index (χ3v) is 10.5. The van der Waals surface area contributed by atoms with Crippen molar-refractivity contribution in [3.05, 3.63) is 49.6 Å². The molecule has 3 fully saturated rings. The number of carbonyl (C=O) groups excluding carboxylic acids is 3. The molecule has 1 aromatic rings. The van der Waals surface area contributed by atoms with Crippen molar-refractivity contribution < 1.29 is 24.2 Å². The first kappa shape index (κ1) is 29.2. The summed E-state index contributed by atoms with van der Waals surface area (Å²) in [6.45, 7) is 15.8.